The van der Waals surface area contributed by atoms with Gasteiger partial charge in [-0.1, -0.05) is 12.2 Å². The van der Waals surface area contributed by atoms with Crippen LogP contribution in [-0.2, 0) is 4.79 Å². The number of rotatable bonds is 4. The fourth-order valence-electron chi connectivity index (χ4n) is 2.34. The van der Waals surface area contributed by atoms with Gasteiger partial charge in [-0.05, 0) is 26.3 Å². The zero-order valence-corrected chi connectivity index (χ0v) is 11.9. The highest BCUT2D eigenvalue weighted by Gasteiger charge is 2.21. The van der Waals surface area contributed by atoms with Crippen LogP contribution in [-0.4, -0.2) is 28.5 Å². The quantitative estimate of drug-likeness (QED) is 0.717. The second-order valence-electron chi connectivity index (χ2n) is 4.82. The Morgan fingerprint density at radius 1 is 1.63 bits per heavy atom. The predicted octanol–water partition coefficient (Wildman–Crippen LogP) is 1.02. The van der Waals surface area contributed by atoms with Gasteiger partial charge >= 0.3 is 0 Å². The van der Waals surface area contributed by atoms with E-state index in [2.05, 4.69) is 15.6 Å². The van der Waals surface area contributed by atoms with Crippen molar-refractivity contribution in [2.75, 3.05) is 11.9 Å². The van der Waals surface area contributed by atoms with Crippen LogP contribution in [0.25, 0.3) is 0 Å². The van der Waals surface area contributed by atoms with E-state index in [4.69, 9.17) is 18.0 Å². The Kier molecular flexibility index (Phi) is 3.99. The van der Waals surface area contributed by atoms with Crippen LogP contribution < -0.4 is 16.4 Å². The van der Waals surface area contributed by atoms with Gasteiger partial charge in [-0.3, -0.25) is 9.78 Å². The Labute approximate surface area is 118 Å². The van der Waals surface area contributed by atoms with Gasteiger partial charge in [-0.2, -0.15) is 0 Å². The first-order valence-corrected chi connectivity index (χ1v) is 6.69. The average molecular weight is 278 g/mol. The van der Waals surface area contributed by atoms with Gasteiger partial charge in [0, 0.05) is 36.1 Å². The van der Waals surface area contributed by atoms with Crippen molar-refractivity contribution in [3.05, 3.63) is 23.0 Å². The van der Waals surface area contributed by atoms with Gasteiger partial charge in [-0.25, -0.2) is 0 Å². The van der Waals surface area contributed by atoms with Crippen LogP contribution in [0.2, 0.25) is 0 Å². The molecule has 1 fully saturated rings. The lowest BCUT2D eigenvalue weighted by Crippen LogP contribution is -2.32. The highest BCUT2D eigenvalue weighted by molar-refractivity contribution is 7.80. The zero-order valence-electron chi connectivity index (χ0n) is 11.1. The van der Waals surface area contributed by atoms with Crippen molar-refractivity contribution >= 4 is 28.8 Å². The minimum Gasteiger partial charge on any atom is -0.389 e. The van der Waals surface area contributed by atoms with Crippen LogP contribution >= 0.6 is 12.2 Å². The van der Waals surface area contributed by atoms with Crippen molar-refractivity contribution in [1.82, 2.24) is 10.3 Å². The first kappa shape index (κ1) is 13.7. The number of aromatic nitrogens is 1. The Bertz CT molecular complexity index is 530. The zero-order chi connectivity index (χ0) is 14.0. The Hall–Kier alpha value is -1.69. The highest BCUT2D eigenvalue weighted by Crippen LogP contribution is 2.20. The molecule has 2 rings (SSSR count). The summed E-state index contributed by atoms with van der Waals surface area (Å²) in [6.07, 6.45) is 1.46. The summed E-state index contributed by atoms with van der Waals surface area (Å²) in [6, 6.07) is 2.10. The number of anilines is 1. The fourth-order valence-corrected chi connectivity index (χ4v) is 2.60. The number of nitrogens with zero attached hydrogens (tertiary/aromatic N) is 1. The van der Waals surface area contributed by atoms with Crippen molar-refractivity contribution in [1.29, 1.82) is 0 Å². The molecule has 0 aliphatic carbocycles. The maximum atomic E-state index is 11.2. The number of carbonyl (C=O) groups excluding carboxylic acids is 1. The van der Waals surface area contributed by atoms with E-state index in [-0.39, 0.29) is 11.9 Å². The van der Waals surface area contributed by atoms with Crippen LogP contribution in [0.5, 0.6) is 0 Å². The van der Waals surface area contributed by atoms with Gasteiger partial charge in [0.2, 0.25) is 5.91 Å². The SMILES string of the molecule is Cc1cc(NCC2CCC(=O)N2)c(C(N)=S)c(C)n1. The second-order valence-corrected chi connectivity index (χ2v) is 5.26. The van der Waals surface area contributed by atoms with E-state index in [1.165, 1.54) is 0 Å². The lowest BCUT2D eigenvalue weighted by molar-refractivity contribution is -0.119. The van der Waals surface area contributed by atoms with Gasteiger partial charge in [0.25, 0.3) is 0 Å². The van der Waals surface area contributed by atoms with E-state index in [1.807, 2.05) is 19.9 Å². The topological polar surface area (TPSA) is 80.0 Å². The van der Waals surface area contributed by atoms with E-state index in [0.29, 0.717) is 18.0 Å². The largest absolute Gasteiger partial charge is 0.389 e. The molecule has 0 radical (unpaired) electrons. The first-order chi connectivity index (χ1) is 8.97. The summed E-state index contributed by atoms with van der Waals surface area (Å²) in [5.41, 5.74) is 9.16. The number of nitrogens with two attached hydrogens (primary N) is 1. The molecule has 1 saturated heterocycles. The first-order valence-electron chi connectivity index (χ1n) is 6.28. The molecule has 0 spiro atoms. The molecule has 1 amide bonds. The molecule has 2 heterocycles. The number of aryl methyl sites for hydroxylation is 2. The van der Waals surface area contributed by atoms with Gasteiger partial charge in [0.1, 0.15) is 4.99 Å². The van der Waals surface area contributed by atoms with Crippen molar-refractivity contribution < 1.29 is 4.79 Å². The second kappa shape index (κ2) is 5.52. The van der Waals surface area contributed by atoms with Crippen molar-refractivity contribution in [3.8, 4) is 0 Å². The summed E-state index contributed by atoms with van der Waals surface area (Å²) in [7, 11) is 0. The van der Waals surface area contributed by atoms with Gasteiger partial charge in [-0.15, -0.1) is 0 Å². The number of carbonyl (C=O) groups is 1. The van der Waals surface area contributed by atoms with Gasteiger partial charge in [0.15, 0.2) is 0 Å². The van der Waals surface area contributed by atoms with Crippen LogP contribution in [0.15, 0.2) is 6.07 Å². The molecule has 1 aromatic heterocycles. The maximum absolute atomic E-state index is 11.2. The predicted molar refractivity (Wildman–Crippen MR) is 79.3 cm³/mol. The summed E-state index contributed by atoms with van der Waals surface area (Å²) in [4.78, 5) is 15.9. The molecular weight excluding hydrogens is 260 g/mol. The monoisotopic (exact) mass is 278 g/mol. The van der Waals surface area contributed by atoms with Gasteiger partial charge in [0.05, 0.1) is 5.56 Å². The smallest absolute Gasteiger partial charge is 0.220 e. The van der Waals surface area contributed by atoms with E-state index in [9.17, 15) is 4.79 Å². The van der Waals surface area contributed by atoms with Crippen LogP contribution in [0.3, 0.4) is 0 Å². The van der Waals surface area contributed by atoms with E-state index in [1.54, 1.807) is 0 Å². The number of pyridine rings is 1. The summed E-state index contributed by atoms with van der Waals surface area (Å²) < 4.78 is 0. The molecule has 0 saturated carbocycles. The molecule has 102 valence electrons. The number of hydrogen-bond acceptors (Lipinski definition) is 4. The highest BCUT2D eigenvalue weighted by atomic mass is 32.1. The Morgan fingerprint density at radius 2 is 2.37 bits per heavy atom. The van der Waals surface area contributed by atoms with Crippen LogP contribution in [0.1, 0.15) is 29.8 Å². The van der Waals surface area contributed by atoms with E-state index < -0.39 is 0 Å². The minimum atomic E-state index is 0.114. The maximum Gasteiger partial charge on any atom is 0.220 e. The molecule has 4 N–H and O–H groups in total. The molecule has 1 aliphatic rings. The van der Waals surface area contributed by atoms with Gasteiger partial charge < -0.3 is 16.4 Å². The molecule has 19 heavy (non-hydrogen) atoms. The number of nitrogens with one attached hydrogen (secondary N) is 2. The van der Waals surface area contributed by atoms with Crippen molar-refractivity contribution in [2.24, 2.45) is 5.73 Å². The lowest BCUT2D eigenvalue weighted by Gasteiger charge is -2.17. The summed E-state index contributed by atoms with van der Waals surface area (Å²) in [5, 5.41) is 6.24. The lowest BCUT2D eigenvalue weighted by atomic mass is 10.1. The molecule has 0 aromatic carbocycles. The third-order valence-electron chi connectivity index (χ3n) is 3.20. The van der Waals surface area contributed by atoms with Crippen molar-refractivity contribution in [3.63, 3.8) is 0 Å². The molecule has 1 atom stereocenters. The molecule has 1 aromatic rings. The normalized spacial score (nSPS) is 18.2. The molecule has 1 unspecified atom stereocenters. The van der Waals surface area contributed by atoms with E-state index in [0.717, 1.165) is 29.1 Å². The van der Waals surface area contributed by atoms with Crippen LogP contribution in [0, 0.1) is 13.8 Å². The molecule has 0 bridgehead atoms. The number of hydrogen-bond donors (Lipinski definition) is 3. The minimum absolute atomic E-state index is 0.114. The molecule has 1 aliphatic heterocycles. The standard InChI is InChI=1S/C13H18N4OS/c1-7-5-10(12(13(14)19)8(2)16-7)15-6-9-3-4-11(18)17-9/h5,9H,3-4,6H2,1-2H3,(H2,14,19)(H,15,16)(H,17,18). The summed E-state index contributed by atoms with van der Waals surface area (Å²) in [6.45, 7) is 4.49. The molecular formula is C13H18N4OS. The number of thiocarbonyl (C=S) groups is 1. The third-order valence-corrected chi connectivity index (χ3v) is 3.40. The number of amides is 1. The Morgan fingerprint density at radius 3 is 2.95 bits per heavy atom. The molecule has 6 heteroatoms. The Balaban J connectivity index is 2.15. The molecule has 5 nitrogen and oxygen atoms in total. The third kappa shape index (κ3) is 3.20. The van der Waals surface area contributed by atoms with Crippen molar-refractivity contribution in [2.45, 2.75) is 32.7 Å². The summed E-state index contributed by atoms with van der Waals surface area (Å²) in [5.74, 6) is 0.114. The average Bonchev–Trinajstić information content (AvgIpc) is 2.71. The summed E-state index contributed by atoms with van der Waals surface area (Å²) >= 11 is 5.08. The van der Waals surface area contributed by atoms with E-state index >= 15 is 0 Å². The fraction of sp³-hybridized carbons (Fsp3) is 0.462. The van der Waals surface area contributed by atoms with Crippen LogP contribution in [0.4, 0.5) is 5.69 Å².